The molecule has 19 heavy (non-hydrogen) atoms. The molecule has 0 unspecified atom stereocenters. The van der Waals surface area contributed by atoms with Crippen LogP contribution in [0.5, 0.6) is 5.75 Å². The zero-order chi connectivity index (χ0) is 13.8. The third-order valence-electron chi connectivity index (χ3n) is 2.52. The summed E-state index contributed by atoms with van der Waals surface area (Å²) in [6, 6.07) is 8.62. The molecule has 0 spiro atoms. The zero-order valence-corrected chi connectivity index (χ0v) is 11.8. The van der Waals surface area contributed by atoms with Crippen molar-refractivity contribution >= 4 is 34.5 Å². The summed E-state index contributed by atoms with van der Waals surface area (Å²) < 4.78 is 5.85. The van der Waals surface area contributed by atoms with E-state index < -0.39 is 0 Å². The Morgan fingerprint density at radius 2 is 2.21 bits per heavy atom. The molecule has 0 saturated carbocycles. The number of nitrogen functional groups attached to an aromatic ring is 1. The van der Waals surface area contributed by atoms with Crippen LogP contribution in [-0.4, -0.2) is 13.0 Å². The van der Waals surface area contributed by atoms with E-state index in [9.17, 15) is 4.79 Å². The van der Waals surface area contributed by atoms with Crippen molar-refractivity contribution in [3.05, 3.63) is 45.1 Å². The van der Waals surface area contributed by atoms with E-state index in [1.165, 1.54) is 18.4 Å². The second-order valence-electron chi connectivity index (χ2n) is 3.85. The van der Waals surface area contributed by atoms with Gasteiger partial charge in [-0.05, 0) is 24.3 Å². The molecule has 1 aromatic carbocycles. The summed E-state index contributed by atoms with van der Waals surface area (Å²) in [4.78, 5) is 13.0. The van der Waals surface area contributed by atoms with Crippen LogP contribution in [0.15, 0.2) is 30.3 Å². The van der Waals surface area contributed by atoms with Gasteiger partial charge >= 0.3 is 0 Å². The summed E-state index contributed by atoms with van der Waals surface area (Å²) in [6.07, 6.45) is 0. The number of nitrogens with one attached hydrogen (secondary N) is 1. The molecule has 0 saturated heterocycles. The molecular weight excluding hydrogens is 284 g/mol. The van der Waals surface area contributed by atoms with Crippen LogP contribution in [0.25, 0.3) is 0 Å². The number of halogens is 1. The normalized spacial score (nSPS) is 10.2. The predicted molar refractivity (Wildman–Crippen MR) is 77.9 cm³/mol. The van der Waals surface area contributed by atoms with Gasteiger partial charge in [0.05, 0.1) is 23.6 Å². The smallest absolute Gasteiger partial charge is 0.255 e. The third-order valence-corrected chi connectivity index (χ3v) is 3.75. The number of carbonyl (C=O) groups excluding carboxylic acids is 1. The van der Waals surface area contributed by atoms with Crippen LogP contribution in [0.1, 0.15) is 15.2 Å². The lowest BCUT2D eigenvalue weighted by Crippen LogP contribution is -2.22. The quantitative estimate of drug-likeness (QED) is 0.853. The molecular formula is C13H13ClN2O2S. The van der Waals surface area contributed by atoms with Crippen molar-refractivity contribution in [3.8, 4) is 5.75 Å². The molecule has 0 aliphatic carbocycles. The van der Waals surface area contributed by atoms with Crippen LogP contribution in [-0.2, 0) is 6.54 Å². The molecule has 1 heterocycles. The topological polar surface area (TPSA) is 64.3 Å². The van der Waals surface area contributed by atoms with Gasteiger partial charge in [-0.2, -0.15) is 0 Å². The lowest BCUT2D eigenvalue weighted by Gasteiger charge is -2.09. The van der Waals surface area contributed by atoms with Crippen molar-refractivity contribution in [2.75, 3.05) is 12.8 Å². The van der Waals surface area contributed by atoms with Gasteiger partial charge in [-0.3, -0.25) is 4.79 Å². The van der Waals surface area contributed by atoms with Crippen LogP contribution in [0.3, 0.4) is 0 Å². The Hall–Kier alpha value is -1.72. The monoisotopic (exact) mass is 296 g/mol. The maximum atomic E-state index is 12.1. The van der Waals surface area contributed by atoms with Gasteiger partial charge in [-0.15, -0.1) is 11.3 Å². The van der Waals surface area contributed by atoms with Crippen molar-refractivity contribution in [1.82, 2.24) is 5.32 Å². The van der Waals surface area contributed by atoms with Gasteiger partial charge in [0, 0.05) is 16.6 Å². The number of rotatable bonds is 4. The Kier molecular flexibility index (Phi) is 4.29. The van der Waals surface area contributed by atoms with Crippen LogP contribution in [0.4, 0.5) is 5.69 Å². The van der Waals surface area contributed by atoms with E-state index >= 15 is 0 Å². The SMILES string of the molecule is COc1cc(N)ccc1C(=O)NCc1ccc(Cl)s1. The summed E-state index contributed by atoms with van der Waals surface area (Å²) in [5.74, 6) is 0.253. The number of hydrogen-bond donors (Lipinski definition) is 2. The summed E-state index contributed by atoms with van der Waals surface area (Å²) >= 11 is 7.27. The molecule has 0 aliphatic heterocycles. The summed E-state index contributed by atoms with van der Waals surface area (Å²) in [6.45, 7) is 0.434. The van der Waals surface area contributed by atoms with E-state index in [-0.39, 0.29) is 5.91 Å². The first-order valence-corrected chi connectivity index (χ1v) is 6.75. The molecule has 0 aliphatic rings. The summed E-state index contributed by atoms with van der Waals surface area (Å²) in [5, 5.41) is 2.81. The summed E-state index contributed by atoms with van der Waals surface area (Å²) in [7, 11) is 1.50. The van der Waals surface area contributed by atoms with E-state index in [0.29, 0.717) is 27.9 Å². The van der Waals surface area contributed by atoms with Crippen molar-refractivity contribution < 1.29 is 9.53 Å². The fourth-order valence-electron chi connectivity index (χ4n) is 1.60. The van der Waals surface area contributed by atoms with E-state index in [4.69, 9.17) is 22.1 Å². The van der Waals surface area contributed by atoms with Gasteiger partial charge < -0.3 is 15.8 Å². The molecule has 100 valence electrons. The van der Waals surface area contributed by atoms with Gasteiger partial charge in [-0.25, -0.2) is 0 Å². The minimum Gasteiger partial charge on any atom is -0.496 e. The highest BCUT2D eigenvalue weighted by Crippen LogP contribution is 2.23. The van der Waals surface area contributed by atoms with Crippen molar-refractivity contribution in [2.45, 2.75) is 6.54 Å². The number of nitrogens with two attached hydrogens (primary N) is 1. The van der Waals surface area contributed by atoms with E-state index in [0.717, 1.165) is 4.88 Å². The fourth-order valence-corrected chi connectivity index (χ4v) is 2.63. The van der Waals surface area contributed by atoms with Crippen molar-refractivity contribution in [3.63, 3.8) is 0 Å². The minimum absolute atomic E-state index is 0.207. The minimum atomic E-state index is -0.207. The Bertz CT molecular complexity index is 598. The Labute approximate surface area is 120 Å². The second kappa shape index (κ2) is 5.95. The van der Waals surface area contributed by atoms with Gasteiger partial charge in [0.15, 0.2) is 0 Å². The molecule has 0 radical (unpaired) electrons. The first-order chi connectivity index (χ1) is 9.10. The number of methoxy groups -OCH3 is 1. The zero-order valence-electron chi connectivity index (χ0n) is 10.3. The van der Waals surface area contributed by atoms with E-state index in [1.807, 2.05) is 6.07 Å². The molecule has 1 aromatic heterocycles. The highest BCUT2D eigenvalue weighted by molar-refractivity contribution is 7.16. The first-order valence-electron chi connectivity index (χ1n) is 5.56. The maximum Gasteiger partial charge on any atom is 0.255 e. The van der Waals surface area contributed by atoms with Crippen molar-refractivity contribution in [2.24, 2.45) is 0 Å². The molecule has 2 aromatic rings. The third kappa shape index (κ3) is 3.39. The van der Waals surface area contributed by atoms with Gasteiger partial charge in [0.25, 0.3) is 5.91 Å². The average molecular weight is 297 g/mol. The molecule has 6 heteroatoms. The predicted octanol–water partition coefficient (Wildman–Crippen LogP) is 2.92. The molecule has 2 rings (SSSR count). The Morgan fingerprint density at radius 3 is 2.84 bits per heavy atom. The number of hydrogen-bond acceptors (Lipinski definition) is 4. The lowest BCUT2D eigenvalue weighted by molar-refractivity contribution is 0.0948. The van der Waals surface area contributed by atoms with Crippen molar-refractivity contribution in [1.29, 1.82) is 0 Å². The van der Waals surface area contributed by atoms with Crippen LogP contribution in [0.2, 0.25) is 4.34 Å². The Balaban J connectivity index is 2.07. The fraction of sp³-hybridized carbons (Fsp3) is 0.154. The maximum absolute atomic E-state index is 12.1. The van der Waals surface area contributed by atoms with E-state index in [2.05, 4.69) is 5.32 Å². The van der Waals surface area contributed by atoms with Crippen LogP contribution < -0.4 is 15.8 Å². The number of anilines is 1. The largest absolute Gasteiger partial charge is 0.496 e. The van der Waals surface area contributed by atoms with E-state index in [1.54, 1.807) is 24.3 Å². The van der Waals surface area contributed by atoms with Gasteiger partial charge in [0.2, 0.25) is 0 Å². The highest BCUT2D eigenvalue weighted by atomic mass is 35.5. The molecule has 0 atom stereocenters. The number of ether oxygens (including phenoxy) is 1. The number of amides is 1. The van der Waals surface area contributed by atoms with Gasteiger partial charge in [-0.1, -0.05) is 11.6 Å². The molecule has 4 nitrogen and oxygen atoms in total. The van der Waals surface area contributed by atoms with Gasteiger partial charge in [0.1, 0.15) is 5.75 Å². The number of thiophene rings is 1. The average Bonchev–Trinajstić information content (AvgIpc) is 2.81. The Morgan fingerprint density at radius 1 is 1.42 bits per heavy atom. The highest BCUT2D eigenvalue weighted by Gasteiger charge is 2.12. The number of carbonyl (C=O) groups is 1. The van der Waals surface area contributed by atoms with Crippen LogP contribution >= 0.6 is 22.9 Å². The summed E-state index contributed by atoms with van der Waals surface area (Å²) in [5.41, 5.74) is 6.66. The molecule has 3 N–H and O–H groups in total. The number of benzene rings is 1. The molecule has 0 fully saturated rings. The lowest BCUT2D eigenvalue weighted by atomic mass is 10.1. The first kappa shape index (κ1) is 13.7. The molecule has 0 bridgehead atoms. The standard InChI is InChI=1S/C13H13ClN2O2S/c1-18-11-6-8(15)2-4-10(11)13(17)16-7-9-3-5-12(14)19-9/h2-6H,7,15H2,1H3,(H,16,17). The second-order valence-corrected chi connectivity index (χ2v) is 5.65. The molecule has 1 amide bonds. The van der Waals surface area contributed by atoms with Crippen LogP contribution in [0, 0.1) is 0 Å².